The number of nitrogens with zero attached hydrogens (tertiary/aromatic N) is 1. The lowest BCUT2D eigenvalue weighted by Gasteiger charge is -2.31. The number of nitrogens with one attached hydrogen (secondary N) is 1. The van der Waals surface area contributed by atoms with Crippen LogP contribution in [0.3, 0.4) is 0 Å². The van der Waals surface area contributed by atoms with Gasteiger partial charge in [0, 0.05) is 18.6 Å². The predicted octanol–water partition coefficient (Wildman–Crippen LogP) is 2.89. The summed E-state index contributed by atoms with van der Waals surface area (Å²) >= 11 is 0. The van der Waals surface area contributed by atoms with Crippen LogP contribution in [0, 0.1) is 5.92 Å². The van der Waals surface area contributed by atoms with E-state index in [-0.39, 0.29) is 0 Å². The first-order valence-electron chi connectivity index (χ1n) is 7.16. The van der Waals surface area contributed by atoms with Gasteiger partial charge >= 0.3 is 0 Å². The molecular weight excluding hydrogens is 196 g/mol. The summed E-state index contributed by atoms with van der Waals surface area (Å²) in [5, 5.41) is 3.70. The van der Waals surface area contributed by atoms with E-state index in [2.05, 4.69) is 37.9 Å². The Morgan fingerprint density at radius 3 is 2.62 bits per heavy atom. The maximum absolute atomic E-state index is 3.70. The van der Waals surface area contributed by atoms with E-state index in [4.69, 9.17) is 0 Å². The van der Waals surface area contributed by atoms with Crippen molar-refractivity contribution >= 4 is 0 Å². The molecule has 0 aliphatic carbocycles. The molecule has 2 nitrogen and oxygen atoms in total. The smallest absolute Gasteiger partial charge is 0.0218 e. The van der Waals surface area contributed by atoms with Gasteiger partial charge in [-0.15, -0.1) is 0 Å². The Bertz CT molecular complexity index is 180. The lowest BCUT2D eigenvalue weighted by Crippen LogP contribution is -2.46. The Hall–Kier alpha value is -0.0800. The maximum Gasteiger partial charge on any atom is 0.0218 e. The fraction of sp³-hybridized carbons (Fsp3) is 1.00. The molecule has 1 fully saturated rings. The second-order valence-electron chi connectivity index (χ2n) is 5.50. The van der Waals surface area contributed by atoms with Crippen LogP contribution >= 0.6 is 0 Å². The summed E-state index contributed by atoms with van der Waals surface area (Å²) in [4.78, 5) is 2.70. The number of likely N-dealkylation sites (tertiary alicyclic amines) is 1. The Balaban J connectivity index is 2.40. The molecule has 1 aliphatic rings. The van der Waals surface area contributed by atoms with Gasteiger partial charge in [0.1, 0.15) is 0 Å². The fourth-order valence-corrected chi connectivity index (χ4v) is 2.69. The molecule has 1 aliphatic heterocycles. The van der Waals surface area contributed by atoms with Gasteiger partial charge in [0.15, 0.2) is 0 Å². The number of hydrogen-bond acceptors (Lipinski definition) is 2. The molecule has 1 heterocycles. The van der Waals surface area contributed by atoms with Crippen molar-refractivity contribution < 1.29 is 0 Å². The highest BCUT2D eigenvalue weighted by Gasteiger charge is 2.26. The standard InChI is InChI=1S/C14H30N2/c1-5-9-15-14(12(3)4)11-16-10-7-8-13(16)6-2/h12-15H,5-11H2,1-4H3. The van der Waals surface area contributed by atoms with Crippen LogP contribution in [0.5, 0.6) is 0 Å². The first kappa shape index (κ1) is 14.0. The monoisotopic (exact) mass is 226 g/mol. The lowest BCUT2D eigenvalue weighted by molar-refractivity contribution is 0.200. The summed E-state index contributed by atoms with van der Waals surface area (Å²) in [6.07, 6.45) is 5.37. The molecule has 0 radical (unpaired) electrons. The van der Waals surface area contributed by atoms with Crippen molar-refractivity contribution in [2.24, 2.45) is 5.92 Å². The Labute approximate surface area is 102 Å². The quantitative estimate of drug-likeness (QED) is 0.718. The zero-order valence-corrected chi connectivity index (χ0v) is 11.6. The van der Waals surface area contributed by atoms with Gasteiger partial charge in [-0.3, -0.25) is 4.90 Å². The molecule has 0 spiro atoms. The lowest BCUT2D eigenvalue weighted by atomic mass is 10.0. The van der Waals surface area contributed by atoms with Crippen LogP contribution in [-0.2, 0) is 0 Å². The molecule has 2 unspecified atom stereocenters. The summed E-state index contributed by atoms with van der Waals surface area (Å²) < 4.78 is 0. The number of hydrogen-bond donors (Lipinski definition) is 1. The first-order valence-corrected chi connectivity index (χ1v) is 7.16. The minimum atomic E-state index is 0.673. The van der Waals surface area contributed by atoms with Crippen molar-refractivity contribution in [1.82, 2.24) is 10.2 Å². The number of rotatable bonds is 7. The van der Waals surface area contributed by atoms with Crippen LogP contribution in [-0.4, -0.2) is 36.6 Å². The molecule has 1 N–H and O–H groups in total. The topological polar surface area (TPSA) is 15.3 Å². The van der Waals surface area contributed by atoms with Gasteiger partial charge in [-0.05, 0) is 44.7 Å². The second kappa shape index (κ2) is 7.29. The van der Waals surface area contributed by atoms with Gasteiger partial charge in [-0.2, -0.15) is 0 Å². The van der Waals surface area contributed by atoms with E-state index in [1.807, 2.05) is 0 Å². The van der Waals surface area contributed by atoms with Crippen molar-refractivity contribution in [3.05, 3.63) is 0 Å². The van der Waals surface area contributed by atoms with Crippen LogP contribution in [0.2, 0.25) is 0 Å². The van der Waals surface area contributed by atoms with Crippen LogP contribution in [0.15, 0.2) is 0 Å². The summed E-state index contributed by atoms with van der Waals surface area (Å²) in [5.74, 6) is 0.740. The van der Waals surface area contributed by atoms with Crippen molar-refractivity contribution in [3.63, 3.8) is 0 Å². The highest BCUT2D eigenvalue weighted by Crippen LogP contribution is 2.20. The maximum atomic E-state index is 3.70. The van der Waals surface area contributed by atoms with Gasteiger partial charge in [-0.25, -0.2) is 0 Å². The van der Waals surface area contributed by atoms with Gasteiger partial charge in [-0.1, -0.05) is 27.7 Å². The molecule has 0 aromatic heterocycles. The molecule has 1 rings (SSSR count). The third-order valence-corrected chi connectivity index (χ3v) is 3.86. The fourth-order valence-electron chi connectivity index (χ4n) is 2.69. The van der Waals surface area contributed by atoms with Crippen molar-refractivity contribution in [3.8, 4) is 0 Å². The zero-order valence-electron chi connectivity index (χ0n) is 11.6. The van der Waals surface area contributed by atoms with Crippen molar-refractivity contribution in [2.75, 3.05) is 19.6 Å². The van der Waals surface area contributed by atoms with Crippen molar-refractivity contribution in [2.45, 2.75) is 65.5 Å². The SMILES string of the molecule is CCCNC(CN1CCCC1CC)C(C)C. The van der Waals surface area contributed by atoms with Crippen molar-refractivity contribution in [1.29, 1.82) is 0 Å². The van der Waals surface area contributed by atoms with Crippen LogP contribution in [0.1, 0.15) is 53.4 Å². The molecule has 1 saturated heterocycles. The van der Waals surface area contributed by atoms with E-state index >= 15 is 0 Å². The molecular formula is C14H30N2. The normalized spacial score (nSPS) is 24.2. The predicted molar refractivity (Wildman–Crippen MR) is 71.8 cm³/mol. The molecule has 0 aromatic carbocycles. The summed E-state index contributed by atoms with van der Waals surface area (Å²) in [7, 11) is 0. The summed E-state index contributed by atoms with van der Waals surface area (Å²) in [6.45, 7) is 13.0. The van der Waals surface area contributed by atoms with E-state index in [0.717, 1.165) is 18.5 Å². The Morgan fingerprint density at radius 2 is 2.06 bits per heavy atom. The molecule has 2 heteroatoms. The Kier molecular flexibility index (Phi) is 6.37. The molecule has 96 valence electrons. The summed E-state index contributed by atoms with van der Waals surface area (Å²) in [6, 6.07) is 1.52. The minimum Gasteiger partial charge on any atom is -0.312 e. The summed E-state index contributed by atoms with van der Waals surface area (Å²) in [5.41, 5.74) is 0. The van der Waals surface area contributed by atoms with Gasteiger partial charge in [0.05, 0.1) is 0 Å². The van der Waals surface area contributed by atoms with E-state index in [1.165, 1.54) is 38.8 Å². The van der Waals surface area contributed by atoms with E-state index in [0.29, 0.717) is 6.04 Å². The van der Waals surface area contributed by atoms with Crippen LogP contribution in [0.25, 0.3) is 0 Å². The Morgan fingerprint density at radius 1 is 1.31 bits per heavy atom. The van der Waals surface area contributed by atoms with Gasteiger partial charge in [0.2, 0.25) is 0 Å². The molecule has 2 atom stereocenters. The second-order valence-corrected chi connectivity index (χ2v) is 5.50. The molecule has 0 bridgehead atoms. The highest BCUT2D eigenvalue weighted by molar-refractivity contribution is 4.83. The molecule has 0 aromatic rings. The van der Waals surface area contributed by atoms with E-state index < -0.39 is 0 Å². The van der Waals surface area contributed by atoms with Gasteiger partial charge in [0.25, 0.3) is 0 Å². The largest absolute Gasteiger partial charge is 0.312 e. The van der Waals surface area contributed by atoms with Crippen LogP contribution < -0.4 is 5.32 Å². The minimum absolute atomic E-state index is 0.673. The average Bonchev–Trinajstić information content (AvgIpc) is 2.70. The first-order chi connectivity index (χ1) is 7.69. The van der Waals surface area contributed by atoms with E-state index in [1.54, 1.807) is 0 Å². The molecule has 0 saturated carbocycles. The molecule has 16 heavy (non-hydrogen) atoms. The van der Waals surface area contributed by atoms with Gasteiger partial charge < -0.3 is 5.32 Å². The third-order valence-electron chi connectivity index (χ3n) is 3.86. The zero-order chi connectivity index (χ0) is 12.0. The third kappa shape index (κ3) is 4.06. The molecule has 0 amide bonds. The van der Waals surface area contributed by atoms with Crippen LogP contribution in [0.4, 0.5) is 0 Å². The van der Waals surface area contributed by atoms with E-state index in [9.17, 15) is 0 Å². The average molecular weight is 226 g/mol. The highest BCUT2D eigenvalue weighted by atomic mass is 15.2.